The van der Waals surface area contributed by atoms with Crippen molar-refractivity contribution in [1.29, 1.82) is 0 Å². The van der Waals surface area contributed by atoms with Crippen molar-refractivity contribution in [2.75, 3.05) is 0 Å². The number of rotatable bonds is 2. The van der Waals surface area contributed by atoms with E-state index in [-0.39, 0.29) is 37.5 Å². The summed E-state index contributed by atoms with van der Waals surface area (Å²) in [4.78, 5) is 9.00. The van der Waals surface area contributed by atoms with Gasteiger partial charge in [0.05, 0.1) is 0 Å². The molecule has 4 nitrogen and oxygen atoms in total. The summed E-state index contributed by atoms with van der Waals surface area (Å²) in [6, 6.07) is 0. The molecule has 0 aromatic rings. The monoisotopic (exact) mass is 133 g/mol. The second-order valence-corrected chi connectivity index (χ2v) is 0.997. The van der Waals surface area contributed by atoms with E-state index in [1.165, 1.54) is 0 Å². The molecule has 0 fully saturated rings. The van der Waals surface area contributed by atoms with Gasteiger partial charge in [0.1, 0.15) is 11.4 Å². The van der Waals surface area contributed by atoms with Gasteiger partial charge < -0.3 is 10.2 Å². The molecule has 0 saturated heterocycles. The van der Waals surface area contributed by atoms with Crippen molar-refractivity contribution in [3.63, 3.8) is 0 Å². The minimum absolute atomic E-state index is 0. The van der Waals surface area contributed by atoms with Crippen molar-refractivity contribution in [1.82, 2.24) is 0 Å². The normalized spacial score (nSPS) is 11.0. The van der Waals surface area contributed by atoms with Crippen molar-refractivity contribution < 1.29 is 48.7 Å². The van der Waals surface area contributed by atoms with E-state index in [4.69, 9.17) is 13.6 Å². The number of carbonyl (C=O) groups is 1. The molecular weight excluding hydrogens is 131 g/mol. The minimum atomic E-state index is -2.68. The topological polar surface area (TPSA) is 66.4 Å². The molecule has 0 aromatic heterocycles. The minimum Gasteiger partial charge on any atom is -1.00 e. The van der Waals surface area contributed by atoms with Gasteiger partial charge >= 0.3 is 36.0 Å². The number of carbonyl (C=O) groups excluding carboxylic acids is 1. The smallest absolute Gasteiger partial charge is 1.00 e. The van der Waals surface area contributed by atoms with Gasteiger partial charge in [0, 0.05) is 0 Å². The van der Waals surface area contributed by atoms with Crippen LogP contribution in [0.2, 0.25) is 0 Å². The fourth-order valence-electron chi connectivity index (χ4n) is 0.0321. The Hall–Kier alpha value is 0.580. The van der Waals surface area contributed by atoms with Gasteiger partial charge in [-0.25, -0.2) is 4.21 Å². The average molecular weight is 133 g/mol. The van der Waals surface area contributed by atoms with Crippen LogP contribution in [0.15, 0.2) is 0 Å². The summed E-state index contributed by atoms with van der Waals surface area (Å²) >= 11 is -2.68. The number of hydrogen-bond donors (Lipinski definition) is 0. The van der Waals surface area contributed by atoms with Gasteiger partial charge in [-0.2, -0.15) is 0 Å². The number of hydrogen-bond acceptors (Lipinski definition) is 4. The summed E-state index contributed by atoms with van der Waals surface area (Å²) in [6.07, 6.45) is 0. The third-order valence-electron chi connectivity index (χ3n) is 0.118. The summed E-state index contributed by atoms with van der Waals surface area (Å²) in [6.45, 7) is -0.164. The zero-order valence-electron chi connectivity index (χ0n) is 4.62. The van der Waals surface area contributed by atoms with E-state index >= 15 is 0 Å². The summed E-state index contributed by atoms with van der Waals surface area (Å²) < 4.78 is 21.6. The Balaban J connectivity index is -0.000000125. The first-order valence-electron chi connectivity index (χ1n) is 0.971. The molecular formula is CH2NaO4S-. The Morgan fingerprint density at radius 1 is 1.86 bits per heavy atom. The van der Waals surface area contributed by atoms with Crippen molar-refractivity contribution in [3.05, 3.63) is 0 Å². The Labute approximate surface area is 66.5 Å². The van der Waals surface area contributed by atoms with Crippen LogP contribution in [-0.4, -0.2) is 15.2 Å². The van der Waals surface area contributed by atoms with Crippen LogP contribution in [0.3, 0.4) is 0 Å². The Morgan fingerprint density at radius 2 is 2.29 bits per heavy atom. The van der Waals surface area contributed by atoms with Gasteiger partial charge in [-0.05, 0) is 0 Å². The summed E-state index contributed by atoms with van der Waals surface area (Å²) in [7, 11) is 0. The molecule has 1 unspecified atom stereocenters. The predicted octanol–water partition coefficient (Wildman–Crippen LogP) is -3.93. The first-order valence-corrected chi connectivity index (χ1v) is 1.97. The zero-order chi connectivity index (χ0) is 4.99. The van der Waals surface area contributed by atoms with E-state index in [1.54, 1.807) is 0 Å². The molecule has 0 N–H and O–H groups in total. The van der Waals surface area contributed by atoms with Gasteiger partial charge in [0.15, 0.2) is 0 Å². The SMILES string of the molecule is O=COS(=O)[O-].[H-].[Na+]. The average Bonchev–Trinajstić information content (AvgIpc) is 1.35. The molecule has 38 valence electrons. The Bertz CT molecular complexity index is 76.4. The molecule has 6 heteroatoms. The van der Waals surface area contributed by atoms with Gasteiger partial charge in [0.25, 0.3) is 0 Å². The Morgan fingerprint density at radius 3 is 2.29 bits per heavy atom. The molecule has 0 rings (SSSR count). The quantitative estimate of drug-likeness (QED) is 0.219. The van der Waals surface area contributed by atoms with Gasteiger partial charge in [-0.1, -0.05) is 0 Å². The molecule has 0 aliphatic heterocycles. The summed E-state index contributed by atoms with van der Waals surface area (Å²) in [5, 5.41) is 0. The molecule has 0 radical (unpaired) electrons. The molecule has 0 amide bonds. The van der Waals surface area contributed by atoms with Crippen LogP contribution in [-0.2, 0) is 20.3 Å². The first kappa shape index (κ1) is 10.5. The molecule has 7 heavy (non-hydrogen) atoms. The van der Waals surface area contributed by atoms with Gasteiger partial charge in [-0.3, -0.25) is 4.79 Å². The maximum Gasteiger partial charge on any atom is 1.00 e. The molecule has 0 aliphatic carbocycles. The fraction of sp³-hybridized carbons (Fsp3) is 0. The molecule has 0 aliphatic rings. The molecule has 0 spiro atoms. The van der Waals surface area contributed by atoms with E-state index in [1.807, 2.05) is 0 Å². The molecule has 0 bridgehead atoms. The fourth-order valence-corrected chi connectivity index (χ4v) is 0.0962. The summed E-state index contributed by atoms with van der Waals surface area (Å²) in [5.74, 6) is 0. The van der Waals surface area contributed by atoms with E-state index in [0.29, 0.717) is 0 Å². The van der Waals surface area contributed by atoms with Crippen LogP contribution in [0.5, 0.6) is 0 Å². The third kappa shape index (κ3) is 10.8. The third-order valence-corrected chi connectivity index (χ3v) is 0.354. The Kier molecular flexibility index (Phi) is 9.91. The first-order chi connectivity index (χ1) is 2.77. The van der Waals surface area contributed by atoms with E-state index < -0.39 is 11.4 Å². The second-order valence-electron chi connectivity index (χ2n) is 0.397. The summed E-state index contributed by atoms with van der Waals surface area (Å²) in [5.41, 5.74) is 0. The maximum atomic E-state index is 9.15. The van der Waals surface area contributed by atoms with Crippen LogP contribution in [0.4, 0.5) is 0 Å². The molecule has 0 heterocycles. The standard InChI is InChI=1S/CH2O4S.Na.H/c2-1-5-6(3)4;;/h1H,(H,3,4);;/q;+1;-1/p-1. The largest absolute Gasteiger partial charge is 1.00 e. The van der Waals surface area contributed by atoms with Gasteiger partial charge in [-0.15, -0.1) is 0 Å². The molecule has 0 aromatic carbocycles. The maximum absolute atomic E-state index is 9.15. The van der Waals surface area contributed by atoms with E-state index in [9.17, 15) is 0 Å². The van der Waals surface area contributed by atoms with Crippen molar-refractivity contribution in [3.8, 4) is 0 Å². The molecule has 1 atom stereocenters. The van der Waals surface area contributed by atoms with Crippen LogP contribution >= 0.6 is 0 Å². The van der Waals surface area contributed by atoms with Crippen molar-refractivity contribution >= 4 is 17.8 Å². The predicted molar refractivity (Wildman–Crippen MR) is 17.2 cm³/mol. The van der Waals surface area contributed by atoms with Crippen molar-refractivity contribution in [2.24, 2.45) is 0 Å². The van der Waals surface area contributed by atoms with Crippen molar-refractivity contribution in [2.45, 2.75) is 0 Å². The van der Waals surface area contributed by atoms with E-state index in [0.717, 1.165) is 0 Å². The van der Waals surface area contributed by atoms with E-state index in [2.05, 4.69) is 4.18 Å². The molecule has 0 saturated carbocycles. The second kappa shape index (κ2) is 6.58. The van der Waals surface area contributed by atoms with Crippen LogP contribution in [0.1, 0.15) is 1.43 Å². The van der Waals surface area contributed by atoms with Crippen LogP contribution < -0.4 is 29.6 Å². The van der Waals surface area contributed by atoms with Crippen LogP contribution in [0.25, 0.3) is 0 Å². The van der Waals surface area contributed by atoms with Crippen LogP contribution in [0, 0.1) is 0 Å². The van der Waals surface area contributed by atoms with Gasteiger partial charge in [0.2, 0.25) is 0 Å². The zero-order valence-corrected chi connectivity index (χ0v) is 6.44.